The minimum absolute atomic E-state index is 0.325. The van der Waals surface area contributed by atoms with E-state index in [0.717, 1.165) is 25.1 Å². The van der Waals surface area contributed by atoms with Gasteiger partial charge in [0.2, 0.25) is 0 Å². The number of nitrogens with one attached hydrogen (secondary N) is 1. The van der Waals surface area contributed by atoms with Crippen LogP contribution in [0.15, 0.2) is 23.2 Å². The second kappa shape index (κ2) is 8.48. The topological polar surface area (TPSA) is 78.1 Å². The van der Waals surface area contributed by atoms with Gasteiger partial charge in [-0.05, 0) is 37.8 Å². The van der Waals surface area contributed by atoms with E-state index in [-0.39, 0.29) is 0 Å². The zero-order valence-electron chi connectivity index (χ0n) is 13.3. The fourth-order valence-electron chi connectivity index (χ4n) is 2.47. The molecule has 0 spiro atoms. The number of guanidine groups is 1. The van der Waals surface area contributed by atoms with E-state index in [4.69, 9.17) is 19.9 Å². The first-order chi connectivity index (χ1) is 10.7. The third kappa shape index (κ3) is 4.80. The lowest BCUT2D eigenvalue weighted by Gasteiger charge is -2.21. The minimum atomic E-state index is 0.325. The molecule has 1 aliphatic rings. The van der Waals surface area contributed by atoms with Gasteiger partial charge in [-0.25, -0.2) is 0 Å². The van der Waals surface area contributed by atoms with Gasteiger partial charge in [-0.3, -0.25) is 4.99 Å². The van der Waals surface area contributed by atoms with E-state index in [1.165, 1.54) is 12.8 Å². The Morgan fingerprint density at radius 1 is 1.32 bits per heavy atom. The van der Waals surface area contributed by atoms with Crippen molar-refractivity contribution in [2.75, 3.05) is 32.7 Å². The zero-order valence-corrected chi connectivity index (χ0v) is 13.3. The van der Waals surface area contributed by atoms with E-state index in [9.17, 15) is 0 Å². The predicted octanol–water partition coefficient (Wildman–Crippen LogP) is 2.39. The second-order valence-electron chi connectivity index (χ2n) is 5.24. The molecule has 0 bridgehead atoms. The molecule has 1 heterocycles. The van der Waals surface area contributed by atoms with Crippen molar-refractivity contribution in [1.82, 2.24) is 0 Å². The standard InChI is InChI=1S/C16H25N3O3/c1-20-14-7-6-12(11-15(14)21-2)19-16(17)18-9-8-13-5-3-4-10-22-13/h6-7,11,13H,3-5,8-10H2,1-2H3,(H3,17,18,19). The molecule has 6 nitrogen and oxygen atoms in total. The number of hydrogen-bond acceptors (Lipinski definition) is 4. The molecule has 3 N–H and O–H groups in total. The van der Waals surface area contributed by atoms with Crippen molar-refractivity contribution in [1.29, 1.82) is 0 Å². The number of benzene rings is 1. The van der Waals surface area contributed by atoms with Crippen LogP contribution in [0, 0.1) is 0 Å². The fourth-order valence-corrected chi connectivity index (χ4v) is 2.47. The first-order valence-corrected chi connectivity index (χ1v) is 7.63. The van der Waals surface area contributed by atoms with Gasteiger partial charge in [0, 0.05) is 24.9 Å². The summed E-state index contributed by atoms with van der Waals surface area (Å²) in [4.78, 5) is 4.34. The molecule has 0 radical (unpaired) electrons. The van der Waals surface area contributed by atoms with E-state index in [1.807, 2.05) is 18.2 Å². The zero-order chi connectivity index (χ0) is 15.8. The number of hydrogen-bond donors (Lipinski definition) is 2. The molecule has 2 rings (SSSR count). The van der Waals surface area contributed by atoms with Crippen LogP contribution in [0.2, 0.25) is 0 Å². The van der Waals surface area contributed by atoms with Crippen LogP contribution in [0.3, 0.4) is 0 Å². The Morgan fingerprint density at radius 3 is 2.82 bits per heavy atom. The van der Waals surface area contributed by atoms with Crippen molar-refractivity contribution < 1.29 is 14.2 Å². The van der Waals surface area contributed by atoms with E-state index >= 15 is 0 Å². The lowest BCUT2D eigenvalue weighted by atomic mass is 10.1. The van der Waals surface area contributed by atoms with Crippen LogP contribution in [0.1, 0.15) is 25.7 Å². The van der Waals surface area contributed by atoms with Gasteiger partial charge in [0.1, 0.15) is 0 Å². The molecule has 1 unspecified atom stereocenters. The smallest absolute Gasteiger partial charge is 0.193 e. The van der Waals surface area contributed by atoms with Crippen molar-refractivity contribution in [3.8, 4) is 11.5 Å². The summed E-state index contributed by atoms with van der Waals surface area (Å²) in [6.07, 6.45) is 4.77. The van der Waals surface area contributed by atoms with Crippen molar-refractivity contribution in [2.45, 2.75) is 31.8 Å². The van der Waals surface area contributed by atoms with Crippen LogP contribution in [0.25, 0.3) is 0 Å². The second-order valence-corrected chi connectivity index (χ2v) is 5.24. The van der Waals surface area contributed by atoms with Crippen LogP contribution in [0.4, 0.5) is 5.69 Å². The maximum atomic E-state index is 5.91. The quantitative estimate of drug-likeness (QED) is 0.623. The first-order valence-electron chi connectivity index (χ1n) is 7.63. The molecule has 6 heteroatoms. The molecule has 0 saturated carbocycles. The van der Waals surface area contributed by atoms with Gasteiger partial charge in [-0.1, -0.05) is 0 Å². The maximum Gasteiger partial charge on any atom is 0.193 e. The fraction of sp³-hybridized carbons (Fsp3) is 0.562. The number of rotatable bonds is 6. The van der Waals surface area contributed by atoms with Crippen LogP contribution in [-0.2, 0) is 4.74 Å². The number of aliphatic imine (C=N–C) groups is 1. The summed E-state index contributed by atoms with van der Waals surface area (Å²) >= 11 is 0. The average Bonchev–Trinajstić information content (AvgIpc) is 2.55. The van der Waals surface area contributed by atoms with Crippen molar-refractivity contribution >= 4 is 11.6 Å². The van der Waals surface area contributed by atoms with Crippen molar-refractivity contribution in [3.63, 3.8) is 0 Å². The Labute approximate surface area is 131 Å². The SMILES string of the molecule is COc1ccc(NC(N)=NCCC2CCCCO2)cc1OC. The summed E-state index contributed by atoms with van der Waals surface area (Å²) in [6, 6.07) is 5.52. The molecular weight excluding hydrogens is 282 g/mol. The lowest BCUT2D eigenvalue weighted by Crippen LogP contribution is -2.24. The normalized spacial score (nSPS) is 18.8. The van der Waals surface area contributed by atoms with E-state index < -0.39 is 0 Å². The van der Waals surface area contributed by atoms with Crippen molar-refractivity contribution in [2.24, 2.45) is 10.7 Å². The number of methoxy groups -OCH3 is 2. The summed E-state index contributed by atoms with van der Waals surface area (Å²) in [5.41, 5.74) is 6.72. The highest BCUT2D eigenvalue weighted by molar-refractivity contribution is 5.92. The van der Waals surface area contributed by atoms with Gasteiger partial charge in [0.25, 0.3) is 0 Å². The predicted molar refractivity (Wildman–Crippen MR) is 87.9 cm³/mol. The molecule has 122 valence electrons. The van der Waals surface area contributed by atoms with E-state index in [0.29, 0.717) is 30.1 Å². The summed E-state index contributed by atoms with van der Waals surface area (Å²) < 4.78 is 16.1. The number of nitrogens with zero attached hydrogens (tertiary/aromatic N) is 1. The van der Waals surface area contributed by atoms with Crippen molar-refractivity contribution in [3.05, 3.63) is 18.2 Å². The molecule has 1 saturated heterocycles. The van der Waals surface area contributed by atoms with E-state index in [1.54, 1.807) is 14.2 Å². The number of nitrogens with two attached hydrogens (primary N) is 1. The highest BCUT2D eigenvalue weighted by atomic mass is 16.5. The van der Waals surface area contributed by atoms with Gasteiger partial charge in [-0.15, -0.1) is 0 Å². The Balaban J connectivity index is 1.85. The lowest BCUT2D eigenvalue weighted by molar-refractivity contribution is 0.0129. The molecule has 1 aliphatic heterocycles. The van der Waals surface area contributed by atoms with Gasteiger partial charge in [-0.2, -0.15) is 0 Å². The summed E-state index contributed by atoms with van der Waals surface area (Å²) in [5.74, 6) is 1.72. The van der Waals surface area contributed by atoms with Crippen LogP contribution >= 0.6 is 0 Å². The van der Waals surface area contributed by atoms with Gasteiger partial charge >= 0.3 is 0 Å². The highest BCUT2D eigenvalue weighted by Gasteiger charge is 2.12. The maximum absolute atomic E-state index is 5.91. The molecule has 1 aromatic carbocycles. The largest absolute Gasteiger partial charge is 0.493 e. The molecule has 0 amide bonds. The summed E-state index contributed by atoms with van der Waals surface area (Å²) in [7, 11) is 3.21. The summed E-state index contributed by atoms with van der Waals surface area (Å²) in [6.45, 7) is 1.53. The number of ether oxygens (including phenoxy) is 3. The van der Waals surface area contributed by atoms with E-state index in [2.05, 4.69) is 10.3 Å². The molecule has 0 aromatic heterocycles. The molecular formula is C16H25N3O3. The Morgan fingerprint density at radius 2 is 2.14 bits per heavy atom. The molecule has 1 aromatic rings. The highest BCUT2D eigenvalue weighted by Crippen LogP contribution is 2.29. The molecule has 1 atom stereocenters. The van der Waals surface area contributed by atoms with Crippen LogP contribution in [-0.4, -0.2) is 39.4 Å². The average molecular weight is 307 g/mol. The monoisotopic (exact) mass is 307 g/mol. The molecule has 22 heavy (non-hydrogen) atoms. The Kier molecular flexibility index (Phi) is 6.33. The van der Waals surface area contributed by atoms with Crippen LogP contribution in [0.5, 0.6) is 11.5 Å². The van der Waals surface area contributed by atoms with Gasteiger partial charge in [0.05, 0.1) is 20.3 Å². The Bertz CT molecular complexity index is 499. The Hall–Kier alpha value is -1.95. The van der Waals surface area contributed by atoms with Gasteiger partial charge in [0.15, 0.2) is 17.5 Å². The third-order valence-electron chi connectivity index (χ3n) is 3.66. The first kappa shape index (κ1) is 16.4. The minimum Gasteiger partial charge on any atom is -0.493 e. The van der Waals surface area contributed by atoms with Crippen LogP contribution < -0.4 is 20.5 Å². The molecule has 1 fully saturated rings. The third-order valence-corrected chi connectivity index (χ3v) is 3.66. The molecule has 0 aliphatic carbocycles. The number of anilines is 1. The summed E-state index contributed by atoms with van der Waals surface area (Å²) in [5, 5.41) is 3.06. The van der Waals surface area contributed by atoms with Gasteiger partial charge < -0.3 is 25.3 Å².